The molecule has 0 saturated carbocycles. The minimum absolute atomic E-state index is 0.0843. The molecular weight excluding hydrogens is 432 g/mol. The zero-order valence-electron chi connectivity index (χ0n) is 17.3. The van der Waals surface area contributed by atoms with E-state index in [0.717, 1.165) is 43.4 Å². The van der Waals surface area contributed by atoms with Gasteiger partial charge in [0.15, 0.2) is 0 Å². The van der Waals surface area contributed by atoms with Gasteiger partial charge in [-0.3, -0.25) is 4.79 Å². The molecule has 1 fully saturated rings. The van der Waals surface area contributed by atoms with Gasteiger partial charge in [-0.15, -0.1) is 0 Å². The molecule has 2 aliphatic heterocycles. The van der Waals surface area contributed by atoms with Crippen molar-refractivity contribution >= 4 is 33.4 Å². The lowest BCUT2D eigenvalue weighted by molar-refractivity contribution is -0.127. The van der Waals surface area contributed by atoms with E-state index in [1.165, 1.54) is 23.0 Å². The third-order valence-electron chi connectivity index (χ3n) is 5.45. The van der Waals surface area contributed by atoms with Crippen LogP contribution in [0, 0.1) is 0 Å². The number of aromatic nitrogens is 1. The Kier molecular flexibility index (Phi) is 7.04. The van der Waals surface area contributed by atoms with Gasteiger partial charge in [-0.05, 0) is 30.5 Å². The summed E-state index contributed by atoms with van der Waals surface area (Å²) in [6.07, 6.45) is 6.07. The van der Waals surface area contributed by atoms with Gasteiger partial charge in [0.2, 0.25) is 10.0 Å². The Morgan fingerprint density at radius 3 is 2.39 bits per heavy atom. The number of hydrogen-bond acceptors (Lipinski definition) is 6. The van der Waals surface area contributed by atoms with Crippen LogP contribution in [-0.4, -0.2) is 59.7 Å². The molecular formula is C22H26N4O3S2. The van der Waals surface area contributed by atoms with Crippen molar-refractivity contribution in [3.63, 3.8) is 0 Å². The third kappa shape index (κ3) is 5.34. The summed E-state index contributed by atoms with van der Waals surface area (Å²) >= 11 is 1.29. The van der Waals surface area contributed by atoms with Crippen LogP contribution >= 0.6 is 11.8 Å². The molecule has 3 heterocycles. The van der Waals surface area contributed by atoms with Crippen LogP contribution in [0.1, 0.15) is 37.7 Å². The fourth-order valence-electron chi connectivity index (χ4n) is 3.72. The van der Waals surface area contributed by atoms with Crippen LogP contribution in [0.5, 0.6) is 0 Å². The lowest BCUT2D eigenvalue weighted by Gasteiger charge is -2.19. The third-order valence-corrected chi connectivity index (χ3v) is 8.26. The molecule has 0 N–H and O–H groups in total. The normalized spacial score (nSPS) is 17.9. The number of pyridine rings is 1. The summed E-state index contributed by atoms with van der Waals surface area (Å²) in [4.78, 5) is 17.0. The second kappa shape index (κ2) is 9.93. The fourth-order valence-corrected chi connectivity index (χ4v) is 5.89. The largest absolute Gasteiger partial charge is 0.272 e. The summed E-state index contributed by atoms with van der Waals surface area (Å²) in [6.45, 7) is 1.70. The Morgan fingerprint density at radius 1 is 0.968 bits per heavy atom. The highest BCUT2D eigenvalue weighted by molar-refractivity contribution is 7.99. The zero-order valence-corrected chi connectivity index (χ0v) is 18.9. The second-order valence-electron chi connectivity index (χ2n) is 7.62. The molecule has 4 rings (SSSR count). The van der Waals surface area contributed by atoms with E-state index in [9.17, 15) is 13.2 Å². The van der Waals surface area contributed by atoms with E-state index >= 15 is 0 Å². The van der Waals surface area contributed by atoms with Crippen LogP contribution in [0.3, 0.4) is 0 Å². The monoisotopic (exact) mass is 458 g/mol. The fraction of sp³-hybridized carbons (Fsp3) is 0.409. The molecule has 1 aromatic heterocycles. The summed E-state index contributed by atoms with van der Waals surface area (Å²) in [5.74, 6) is 0.121. The maximum absolute atomic E-state index is 12.8. The molecule has 1 aromatic carbocycles. The first-order chi connectivity index (χ1) is 15.0. The Balaban J connectivity index is 1.34. The number of carbonyl (C=O) groups is 1. The Bertz CT molecular complexity index is 1030. The average Bonchev–Trinajstić information content (AvgIpc) is 3.13. The molecule has 9 heteroatoms. The summed E-state index contributed by atoms with van der Waals surface area (Å²) in [5, 5.41) is 6.59. The Labute approximate surface area is 187 Å². The van der Waals surface area contributed by atoms with Crippen LogP contribution in [0.4, 0.5) is 0 Å². The highest BCUT2D eigenvalue weighted by atomic mass is 32.2. The molecule has 0 spiro atoms. The van der Waals surface area contributed by atoms with Crippen LogP contribution in [-0.2, 0) is 14.8 Å². The van der Waals surface area contributed by atoms with Gasteiger partial charge < -0.3 is 0 Å². The van der Waals surface area contributed by atoms with Crippen molar-refractivity contribution in [2.45, 2.75) is 42.0 Å². The van der Waals surface area contributed by atoms with Crippen molar-refractivity contribution in [1.29, 1.82) is 0 Å². The number of sulfonamides is 1. The van der Waals surface area contributed by atoms with Crippen LogP contribution in [0.15, 0.2) is 63.7 Å². The van der Waals surface area contributed by atoms with Crippen LogP contribution in [0.25, 0.3) is 0 Å². The predicted octanol–water partition coefficient (Wildman–Crippen LogP) is 3.38. The van der Waals surface area contributed by atoms with Crippen molar-refractivity contribution < 1.29 is 13.2 Å². The lowest BCUT2D eigenvalue weighted by atomic mass is 10.1. The highest BCUT2D eigenvalue weighted by Gasteiger charge is 2.26. The van der Waals surface area contributed by atoms with Crippen molar-refractivity contribution in [2.75, 3.05) is 25.4 Å². The summed E-state index contributed by atoms with van der Waals surface area (Å²) < 4.78 is 27.2. The van der Waals surface area contributed by atoms with Gasteiger partial charge in [0.25, 0.3) is 5.91 Å². The minimum Gasteiger partial charge on any atom is -0.272 e. The van der Waals surface area contributed by atoms with Crippen molar-refractivity contribution in [3.05, 3.63) is 54.2 Å². The number of rotatable bonds is 6. The van der Waals surface area contributed by atoms with E-state index in [-0.39, 0.29) is 16.6 Å². The summed E-state index contributed by atoms with van der Waals surface area (Å²) in [7, 11) is -3.51. The van der Waals surface area contributed by atoms with E-state index in [1.54, 1.807) is 16.4 Å². The number of carbonyl (C=O) groups excluding carboxylic acids is 1. The van der Waals surface area contributed by atoms with E-state index in [0.29, 0.717) is 24.7 Å². The molecule has 7 nitrogen and oxygen atoms in total. The number of hydrogen-bond donors (Lipinski definition) is 0. The maximum atomic E-state index is 12.8. The average molecular weight is 459 g/mol. The first kappa shape index (κ1) is 22.0. The molecule has 2 aliphatic rings. The topological polar surface area (TPSA) is 82.9 Å². The number of amides is 1. The van der Waals surface area contributed by atoms with E-state index in [2.05, 4.69) is 10.1 Å². The second-order valence-corrected chi connectivity index (χ2v) is 10.6. The number of thioether (sulfide) groups is 1. The first-order valence-electron chi connectivity index (χ1n) is 10.6. The lowest BCUT2D eigenvalue weighted by Crippen LogP contribution is -2.32. The van der Waals surface area contributed by atoms with Gasteiger partial charge >= 0.3 is 0 Å². The molecule has 31 heavy (non-hydrogen) atoms. The van der Waals surface area contributed by atoms with Gasteiger partial charge in [0.05, 0.1) is 23.0 Å². The smallest absolute Gasteiger partial charge is 0.253 e. The Hall–Kier alpha value is -2.23. The molecule has 1 amide bonds. The van der Waals surface area contributed by atoms with E-state index < -0.39 is 10.0 Å². The zero-order chi connectivity index (χ0) is 21.7. The molecule has 0 unspecified atom stereocenters. The number of nitrogens with zero attached hydrogens (tertiary/aromatic N) is 4. The van der Waals surface area contributed by atoms with E-state index in [1.807, 2.05) is 30.3 Å². The van der Waals surface area contributed by atoms with E-state index in [4.69, 9.17) is 0 Å². The molecule has 1 saturated heterocycles. The van der Waals surface area contributed by atoms with Crippen LogP contribution < -0.4 is 0 Å². The quantitative estimate of drug-likeness (QED) is 0.620. The molecule has 0 aliphatic carbocycles. The number of hydrazone groups is 1. The SMILES string of the molecule is O=C(CSc1ccc(S(=O)(=O)N2CCCCCC2)cn1)N1CCC(c2ccccc2)=N1. The van der Waals surface area contributed by atoms with Crippen LogP contribution in [0.2, 0.25) is 0 Å². The van der Waals surface area contributed by atoms with Gasteiger partial charge in [-0.2, -0.15) is 9.41 Å². The molecule has 164 valence electrons. The van der Waals surface area contributed by atoms with Crippen molar-refractivity contribution in [2.24, 2.45) is 5.10 Å². The maximum Gasteiger partial charge on any atom is 0.253 e. The molecule has 0 atom stereocenters. The predicted molar refractivity (Wildman–Crippen MR) is 121 cm³/mol. The summed E-state index contributed by atoms with van der Waals surface area (Å²) in [5.41, 5.74) is 1.95. The van der Waals surface area contributed by atoms with Crippen molar-refractivity contribution in [1.82, 2.24) is 14.3 Å². The first-order valence-corrected chi connectivity index (χ1v) is 13.0. The van der Waals surface area contributed by atoms with Gasteiger partial charge in [-0.1, -0.05) is 54.9 Å². The molecule has 0 bridgehead atoms. The van der Waals surface area contributed by atoms with Crippen molar-refractivity contribution in [3.8, 4) is 0 Å². The highest BCUT2D eigenvalue weighted by Crippen LogP contribution is 2.23. The molecule has 0 radical (unpaired) electrons. The van der Waals surface area contributed by atoms with Gasteiger partial charge in [0.1, 0.15) is 4.90 Å². The molecule has 2 aromatic rings. The Morgan fingerprint density at radius 2 is 1.71 bits per heavy atom. The standard InChI is InChI=1S/C22H26N4O3S2/c27-22(26-15-12-20(24-26)18-8-4-3-5-9-18)17-30-21-11-10-19(16-23-21)31(28,29)25-13-6-1-2-7-14-25/h3-5,8-11,16H,1-2,6-7,12-15,17H2. The van der Waals surface area contributed by atoms with Gasteiger partial charge in [-0.25, -0.2) is 18.4 Å². The summed E-state index contributed by atoms with van der Waals surface area (Å²) in [6, 6.07) is 13.1. The van der Waals surface area contributed by atoms with Gasteiger partial charge in [0, 0.05) is 25.7 Å². The number of benzene rings is 1. The minimum atomic E-state index is -3.51.